The zero-order chi connectivity index (χ0) is 22.2. The Balaban J connectivity index is 1.71. The van der Waals surface area contributed by atoms with Crippen LogP contribution in [-0.4, -0.2) is 45.6 Å². The van der Waals surface area contributed by atoms with Gasteiger partial charge in [-0.25, -0.2) is 9.97 Å². The van der Waals surface area contributed by atoms with Crippen LogP contribution in [0.25, 0.3) is 17.0 Å². The van der Waals surface area contributed by atoms with Crippen LogP contribution in [-0.2, 0) is 6.42 Å². The number of fused-ring (bicyclic) bond motifs is 3. The van der Waals surface area contributed by atoms with Crippen LogP contribution in [0.2, 0.25) is 0 Å². The zero-order valence-corrected chi connectivity index (χ0v) is 19.3. The highest BCUT2D eigenvalue weighted by Gasteiger charge is 2.27. The number of anilines is 1. The maximum atomic E-state index is 13.7. The van der Waals surface area contributed by atoms with Crippen molar-refractivity contribution in [2.75, 3.05) is 24.7 Å². The Morgan fingerprint density at radius 1 is 1.22 bits per heavy atom. The van der Waals surface area contributed by atoms with E-state index in [0.29, 0.717) is 11.8 Å². The lowest BCUT2D eigenvalue weighted by Gasteiger charge is -2.30. The molecule has 0 radical (unpaired) electrons. The quantitative estimate of drug-likeness (QED) is 0.608. The number of benzene rings is 1. The Morgan fingerprint density at radius 2 is 2.06 bits per heavy atom. The maximum Gasteiger partial charge on any atom is 0.261 e. The van der Waals surface area contributed by atoms with E-state index in [1.165, 1.54) is 0 Å². The third-order valence-corrected chi connectivity index (χ3v) is 7.45. The highest BCUT2D eigenvalue weighted by molar-refractivity contribution is 7.98. The highest BCUT2D eigenvalue weighted by atomic mass is 32.2. The molecule has 1 saturated carbocycles. The lowest BCUT2D eigenvalue weighted by atomic mass is 9.92. The van der Waals surface area contributed by atoms with Gasteiger partial charge in [0.25, 0.3) is 5.56 Å². The third-order valence-electron chi connectivity index (χ3n) is 6.70. The Kier molecular flexibility index (Phi) is 5.78. The van der Waals surface area contributed by atoms with Crippen molar-refractivity contribution in [2.24, 2.45) is 0 Å². The zero-order valence-electron chi connectivity index (χ0n) is 18.5. The summed E-state index contributed by atoms with van der Waals surface area (Å²) >= 11 is 1.64. The van der Waals surface area contributed by atoms with Gasteiger partial charge in [-0.1, -0.05) is 31.1 Å². The maximum absolute atomic E-state index is 13.7. The summed E-state index contributed by atoms with van der Waals surface area (Å²) in [5.74, 6) is 0. The van der Waals surface area contributed by atoms with E-state index in [9.17, 15) is 9.90 Å². The molecule has 2 aliphatic rings. The second-order valence-electron chi connectivity index (χ2n) is 8.70. The van der Waals surface area contributed by atoms with E-state index >= 15 is 0 Å². The number of pyridine rings is 1. The van der Waals surface area contributed by atoms with Crippen LogP contribution >= 0.6 is 11.8 Å². The van der Waals surface area contributed by atoms with E-state index in [0.717, 1.165) is 65.1 Å². The van der Waals surface area contributed by atoms with Crippen molar-refractivity contribution in [3.63, 3.8) is 0 Å². The van der Waals surface area contributed by atoms with Crippen LogP contribution in [0.1, 0.15) is 48.4 Å². The lowest BCUT2D eigenvalue weighted by Crippen LogP contribution is -2.35. The molecule has 2 atom stereocenters. The topological polar surface area (TPSA) is 71.2 Å². The van der Waals surface area contributed by atoms with E-state index in [1.54, 1.807) is 22.7 Å². The molecule has 0 bridgehead atoms. The predicted octanol–water partition coefficient (Wildman–Crippen LogP) is 4.04. The van der Waals surface area contributed by atoms with Gasteiger partial charge < -0.3 is 10.0 Å². The summed E-state index contributed by atoms with van der Waals surface area (Å²) in [5, 5.41) is 12.2. The lowest BCUT2D eigenvalue weighted by molar-refractivity contribution is 0.0735. The molecule has 0 spiro atoms. The van der Waals surface area contributed by atoms with Crippen molar-refractivity contribution in [2.45, 2.75) is 49.3 Å². The summed E-state index contributed by atoms with van der Waals surface area (Å²) < 4.78 is 1.67. The number of hydrogen-bond acceptors (Lipinski definition) is 6. The largest absolute Gasteiger partial charge is 0.391 e. The van der Waals surface area contributed by atoms with E-state index in [2.05, 4.69) is 28.1 Å². The molecule has 0 saturated heterocycles. The number of aliphatic hydroxyl groups excluding tert-OH is 1. The minimum Gasteiger partial charge on any atom is -0.391 e. The van der Waals surface area contributed by atoms with Crippen molar-refractivity contribution in [3.8, 4) is 0 Å². The van der Waals surface area contributed by atoms with Crippen LogP contribution in [0.15, 0.2) is 46.6 Å². The van der Waals surface area contributed by atoms with Gasteiger partial charge in [0.05, 0.1) is 34.6 Å². The Bertz CT molecular complexity index is 1250. The number of likely N-dealkylation sites (N-methyl/N-ethyl adjacent to an activating group) is 1. The van der Waals surface area contributed by atoms with E-state index in [-0.39, 0.29) is 11.6 Å². The standard InChI is InChI=1S/C25H28N4O2S/c1-28-12-6-8-18-17(13-16-7-5-11-26-24(16)32-2)14-19-22(23(18)28)27-15-29(25(19)31)20-9-3-4-10-21(20)30/h5-8,11,14-15,20-21,30H,3-4,9-10,12-13H2,1-2H3/t20-,21-/m0/s1. The number of hydrogen-bond donors (Lipinski definition) is 1. The number of rotatable bonds is 4. The van der Waals surface area contributed by atoms with Gasteiger partial charge in [0.2, 0.25) is 0 Å². The SMILES string of the molecule is CSc1ncccc1Cc1cc2c(=O)n([C@H]3CCCC[C@@H]3O)cnc2c2c1C=CCN2C. The first-order chi connectivity index (χ1) is 15.6. The van der Waals surface area contributed by atoms with Gasteiger partial charge in [-0.05, 0) is 42.4 Å². The molecule has 32 heavy (non-hydrogen) atoms. The summed E-state index contributed by atoms with van der Waals surface area (Å²) in [6, 6.07) is 5.87. The summed E-state index contributed by atoms with van der Waals surface area (Å²) in [6.45, 7) is 0.778. The molecular formula is C25H28N4O2S. The molecule has 1 aliphatic heterocycles. The van der Waals surface area contributed by atoms with Gasteiger partial charge in [-0.2, -0.15) is 0 Å². The van der Waals surface area contributed by atoms with Crippen molar-refractivity contribution < 1.29 is 5.11 Å². The molecule has 3 heterocycles. The average molecular weight is 449 g/mol. The summed E-state index contributed by atoms with van der Waals surface area (Å²) in [7, 11) is 2.04. The minimum absolute atomic E-state index is 0.0655. The van der Waals surface area contributed by atoms with Crippen LogP contribution in [0, 0.1) is 0 Å². The molecule has 3 aromatic rings. The Labute approximate surface area is 192 Å². The van der Waals surface area contributed by atoms with Crippen LogP contribution in [0.5, 0.6) is 0 Å². The van der Waals surface area contributed by atoms with Gasteiger partial charge in [0, 0.05) is 31.8 Å². The third kappa shape index (κ3) is 3.63. The van der Waals surface area contributed by atoms with Crippen molar-refractivity contribution in [1.82, 2.24) is 14.5 Å². The predicted molar refractivity (Wildman–Crippen MR) is 131 cm³/mol. The first-order valence-corrected chi connectivity index (χ1v) is 12.4. The molecule has 7 heteroatoms. The second kappa shape index (κ2) is 8.71. The number of aromatic nitrogens is 3. The number of thioether (sulfide) groups is 1. The molecule has 6 nitrogen and oxygen atoms in total. The molecule has 1 fully saturated rings. The molecular weight excluding hydrogens is 420 g/mol. The van der Waals surface area contributed by atoms with Crippen molar-refractivity contribution >= 4 is 34.4 Å². The number of aliphatic hydroxyl groups is 1. The van der Waals surface area contributed by atoms with Crippen molar-refractivity contribution in [1.29, 1.82) is 0 Å². The molecule has 1 aliphatic carbocycles. The van der Waals surface area contributed by atoms with Gasteiger partial charge >= 0.3 is 0 Å². The molecule has 2 aromatic heterocycles. The first kappa shape index (κ1) is 21.2. The Morgan fingerprint density at radius 3 is 2.88 bits per heavy atom. The van der Waals surface area contributed by atoms with Crippen LogP contribution in [0.3, 0.4) is 0 Å². The fourth-order valence-electron chi connectivity index (χ4n) is 5.07. The average Bonchev–Trinajstić information content (AvgIpc) is 2.81. The van der Waals surface area contributed by atoms with E-state index in [4.69, 9.17) is 4.98 Å². The fourth-order valence-corrected chi connectivity index (χ4v) is 5.64. The highest BCUT2D eigenvalue weighted by Crippen LogP contribution is 2.36. The second-order valence-corrected chi connectivity index (χ2v) is 9.50. The summed E-state index contributed by atoms with van der Waals surface area (Å²) in [4.78, 5) is 25.1. The Hall–Kier alpha value is -2.64. The first-order valence-electron chi connectivity index (χ1n) is 11.2. The van der Waals surface area contributed by atoms with E-state index < -0.39 is 6.10 Å². The van der Waals surface area contributed by atoms with Crippen LogP contribution < -0.4 is 10.5 Å². The fraction of sp³-hybridized carbons (Fsp3) is 0.400. The minimum atomic E-state index is -0.497. The van der Waals surface area contributed by atoms with Crippen molar-refractivity contribution in [3.05, 3.63) is 63.8 Å². The summed E-state index contributed by atoms with van der Waals surface area (Å²) in [6.07, 6.45) is 13.6. The summed E-state index contributed by atoms with van der Waals surface area (Å²) in [5.41, 5.74) is 5.03. The van der Waals surface area contributed by atoms with Crippen LogP contribution in [0.4, 0.5) is 5.69 Å². The smallest absolute Gasteiger partial charge is 0.261 e. The van der Waals surface area contributed by atoms with Gasteiger partial charge in [-0.3, -0.25) is 9.36 Å². The van der Waals surface area contributed by atoms with Gasteiger partial charge in [0.15, 0.2) is 0 Å². The van der Waals surface area contributed by atoms with E-state index in [1.807, 2.05) is 31.6 Å². The van der Waals surface area contributed by atoms with Gasteiger partial charge in [-0.15, -0.1) is 11.8 Å². The molecule has 5 rings (SSSR count). The molecule has 1 N–H and O–H groups in total. The molecule has 0 unspecified atom stereocenters. The molecule has 0 amide bonds. The van der Waals surface area contributed by atoms with Gasteiger partial charge in [0.1, 0.15) is 5.52 Å². The normalized spacial score (nSPS) is 20.5. The number of nitrogens with zero attached hydrogens (tertiary/aromatic N) is 4. The molecule has 166 valence electrons. The monoisotopic (exact) mass is 448 g/mol. The molecule has 1 aromatic carbocycles.